The highest BCUT2D eigenvalue weighted by Crippen LogP contribution is 2.26. The minimum atomic E-state index is -0.434. The average Bonchev–Trinajstić information content (AvgIpc) is 2.68. The number of ether oxygens (including phenoxy) is 1. The van der Waals surface area contributed by atoms with Gasteiger partial charge in [-0.3, -0.25) is 0 Å². The molecule has 80 valence electrons. The summed E-state index contributed by atoms with van der Waals surface area (Å²) in [5.74, 6) is -0.434. The third-order valence-electron chi connectivity index (χ3n) is 2.60. The van der Waals surface area contributed by atoms with Crippen molar-refractivity contribution in [1.29, 1.82) is 0 Å². The van der Waals surface area contributed by atoms with E-state index in [1.807, 2.05) is 24.3 Å². The van der Waals surface area contributed by atoms with E-state index in [0.717, 1.165) is 27.6 Å². The van der Waals surface area contributed by atoms with Crippen LogP contribution in [0, 0.1) is 0 Å². The summed E-state index contributed by atoms with van der Waals surface area (Å²) in [7, 11) is 0. The van der Waals surface area contributed by atoms with E-state index in [1.54, 1.807) is 0 Å². The molecule has 1 aliphatic rings. The first-order chi connectivity index (χ1) is 7.63. The highest BCUT2D eigenvalue weighted by Gasteiger charge is 2.21. The fourth-order valence-electron chi connectivity index (χ4n) is 1.81. The van der Waals surface area contributed by atoms with Crippen molar-refractivity contribution in [2.24, 2.45) is 0 Å². The van der Waals surface area contributed by atoms with Gasteiger partial charge in [-0.1, -0.05) is 37.9 Å². The molecule has 1 aromatic rings. The van der Waals surface area contributed by atoms with Crippen molar-refractivity contribution in [3.63, 3.8) is 0 Å². The standard InChI is InChI=1S/C14H12O2/c1-4-13(15)16-12-8-7-11-9(2)5-6-10(3)14(11)12/h4-8,12H,1-3H2. The summed E-state index contributed by atoms with van der Waals surface area (Å²) in [5, 5.41) is 1.77. The van der Waals surface area contributed by atoms with Crippen LogP contribution in [0.4, 0.5) is 0 Å². The highest BCUT2D eigenvalue weighted by molar-refractivity contribution is 5.82. The predicted octanol–water partition coefficient (Wildman–Crippen LogP) is 1.30. The van der Waals surface area contributed by atoms with E-state index < -0.39 is 5.97 Å². The minimum Gasteiger partial charge on any atom is -0.450 e. The molecule has 0 fully saturated rings. The van der Waals surface area contributed by atoms with Crippen LogP contribution < -0.4 is 10.4 Å². The highest BCUT2D eigenvalue weighted by atomic mass is 16.5. The molecule has 0 saturated carbocycles. The van der Waals surface area contributed by atoms with Crippen molar-refractivity contribution in [3.05, 3.63) is 52.4 Å². The Bertz CT molecular complexity index is 581. The van der Waals surface area contributed by atoms with Crippen molar-refractivity contribution in [2.45, 2.75) is 6.10 Å². The first-order valence-electron chi connectivity index (χ1n) is 4.95. The fraction of sp³-hybridized carbons (Fsp3) is 0.0714. The van der Waals surface area contributed by atoms with Crippen molar-refractivity contribution in [3.8, 4) is 0 Å². The van der Waals surface area contributed by atoms with Crippen LogP contribution in [-0.4, -0.2) is 5.97 Å². The normalized spacial score (nSPS) is 16.9. The molecule has 2 rings (SSSR count). The molecule has 0 radical (unpaired) electrons. The Morgan fingerprint density at radius 3 is 2.69 bits per heavy atom. The Balaban J connectivity index is 2.47. The number of carbonyl (C=O) groups is 1. The number of carbonyl (C=O) groups excluding carboxylic acids is 1. The van der Waals surface area contributed by atoms with Crippen LogP contribution >= 0.6 is 0 Å². The van der Waals surface area contributed by atoms with Gasteiger partial charge in [0.1, 0.15) is 6.10 Å². The molecule has 0 heterocycles. The van der Waals surface area contributed by atoms with Gasteiger partial charge in [0.15, 0.2) is 0 Å². The number of hydrogen-bond acceptors (Lipinski definition) is 2. The van der Waals surface area contributed by atoms with Crippen LogP contribution in [0.2, 0.25) is 0 Å². The zero-order chi connectivity index (χ0) is 11.7. The van der Waals surface area contributed by atoms with E-state index in [4.69, 9.17) is 4.74 Å². The first-order valence-corrected chi connectivity index (χ1v) is 4.95. The van der Waals surface area contributed by atoms with Crippen LogP contribution in [-0.2, 0) is 9.53 Å². The van der Waals surface area contributed by atoms with E-state index in [9.17, 15) is 4.79 Å². The largest absolute Gasteiger partial charge is 0.450 e. The van der Waals surface area contributed by atoms with E-state index in [1.165, 1.54) is 0 Å². The van der Waals surface area contributed by atoms with Gasteiger partial charge in [0.25, 0.3) is 0 Å². The SMILES string of the molecule is C=CC(=O)OC1C=Cc2c1c(=C)ccc2=C. The number of fused-ring (bicyclic) bond motifs is 1. The molecule has 0 bridgehead atoms. The van der Waals surface area contributed by atoms with Gasteiger partial charge in [-0.05, 0) is 22.1 Å². The summed E-state index contributed by atoms with van der Waals surface area (Å²) in [6.45, 7) is 11.2. The van der Waals surface area contributed by atoms with Crippen molar-refractivity contribution < 1.29 is 9.53 Å². The van der Waals surface area contributed by atoms with Crippen LogP contribution in [0.5, 0.6) is 0 Å². The molecular weight excluding hydrogens is 200 g/mol. The Kier molecular flexibility index (Phi) is 2.49. The van der Waals surface area contributed by atoms with Crippen LogP contribution in [0.25, 0.3) is 19.2 Å². The second-order valence-corrected chi connectivity index (χ2v) is 3.63. The van der Waals surface area contributed by atoms with Gasteiger partial charge >= 0.3 is 5.97 Å². The van der Waals surface area contributed by atoms with Gasteiger partial charge in [-0.2, -0.15) is 0 Å². The van der Waals surface area contributed by atoms with E-state index >= 15 is 0 Å². The lowest BCUT2D eigenvalue weighted by Gasteiger charge is -2.11. The van der Waals surface area contributed by atoms with Gasteiger partial charge < -0.3 is 4.74 Å². The molecule has 0 aromatic heterocycles. The quantitative estimate of drug-likeness (QED) is 0.545. The zero-order valence-electron chi connectivity index (χ0n) is 8.90. The van der Waals surface area contributed by atoms with Crippen LogP contribution in [0.15, 0.2) is 30.9 Å². The Morgan fingerprint density at radius 2 is 2.00 bits per heavy atom. The second kappa shape index (κ2) is 3.81. The first kappa shape index (κ1) is 10.4. The van der Waals surface area contributed by atoms with Gasteiger partial charge in [-0.15, -0.1) is 0 Å². The van der Waals surface area contributed by atoms with Gasteiger partial charge in [0, 0.05) is 11.6 Å². The molecule has 0 N–H and O–H groups in total. The maximum absolute atomic E-state index is 11.2. The Hall–Kier alpha value is -2.09. The number of esters is 1. The summed E-state index contributed by atoms with van der Waals surface area (Å²) >= 11 is 0. The molecule has 0 aliphatic heterocycles. The lowest BCUT2D eigenvalue weighted by molar-refractivity contribution is -0.141. The van der Waals surface area contributed by atoms with Crippen molar-refractivity contribution in [2.75, 3.05) is 0 Å². The molecule has 0 saturated heterocycles. The molecule has 16 heavy (non-hydrogen) atoms. The molecule has 1 unspecified atom stereocenters. The fourth-order valence-corrected chi connectivity index (χ4v) is 1.81. The number of rotatable bonds is 2. The molecule has 2 heteroatoms. The van der Waals surface area contributed by atoms with Crippen LogP contribution in [0.3, 0.4) is 0 Å². The van der Waals surface area contributed by atoms with Crippen LogP contribution in [0.1, 0.15) is 17.2 Å². The summed E-state index contributed by atoms with van der Waals surface area (Å²) in [5.41, 5.74) is 1.91. The number of benzene rings is 1. The lowest BCUT2D eigenvalue weighted by atomic mass is 10.0. The molecule has 1 aliphatic carbocycles. The molecular formula is C14H12O2. The van der Waals surface area contributed by atoms with E-state index in [-0.39, 0.29) is 6.10 Å². The Morgan fingerprint density at radius 1 is 1.31 bits per heavy atom. The molecule has 1 atom stereocenters. The lowest BCUT2D eigenvalue weighted by Crippen LogP contribution is -2.19. The second-order valence-electron chi connectivity index (χ2n) is 3.63. The molecule has 0 spiro atoms. The van der Waals surface area contributed by atoms with Crippen molar-refractivity contribution >= 4 is 25.2 Å². The molecule has 2 nitrogen and oxygen atoms in total. The third-order valence-corrected chi connectivity index (χ3v) is 2.60. The van der Waals surface area contributed by atoms with Crippen molar-refractivity contribution in [1.82, 2.24) is 0 Å². The monoisotopic (exact) mass is 212 g/mol. The number of hydrogen-bond donors (Lipinski definition) is 0. The third kappa shape index (κ3) is 1.58. The Labute approximate surface area is 93.9 Å². The summed E-state index contributed by atoms with van der Waals surface area (Å²) in [4.78, 5) is 11.2. The summed E-state index contributed by atoms with van der Waals surface area (Å²) in [6, 6.07) is 3.78. The average molecular weight is 212 g/mol. The molecule has 0 amide bonds. The predicted molar refractivity (Wildman–Crippen MR) is 64.8 cm³/mol. The van der Waals surface area contributed by atoms with Gasteiger partial charge in [0.2, 0.25) is 0 Å². The summed E-state index contributed by atoms with van der Waals surface area (Å²) in [6.07, 6.45) is 4.53. The zero-order valence-corrected chi connectivity index (χ0v) is 8.90. The maximum atomic E-state index is 11.2. The molecule has 1 aromatic carbocycles. The summed E-state index contributed by atoms with van der Waals surface area (Å²) < 4.78 is 5.21. The van der Waals surface area contributed by atoms with Gasteiger partial charge in [-0.25, -0.2) is 4.79 Å². The van der Waals surface area contributed by atoms with E-state index in [2.05, 4.69) is 19.7 Å². The van der Waals surface area contributed by atoms with Gasteiger partial charge in [0.05, 0.1) is 0 Å². The minimum absolute atomic E-state index is 0.366. The van der Waals surface area contributed by atoms with E-state index in [0.29, 0.717) is 0 Å². The smallest absolute Gasteiger partial charge is 0.331 e. The topological polar surface area (TPSA) is 26.3 Å². The maximum Gasteiger partial charge on any atom is 0.331 e.